The first-order valence-corrected chi connectivity index (χ1v) is 5.88. The van der Waals surface area contributed by atoms with Crippen molar-refractivity contribution in [2.75, 3.05) is 24.5 Å². The molecule has 1 fully saturated rings. The maximum Gasteiger partial charge on any atom is 0.205 e. The molecule has 0 radical (unpaired) electrons. The third-order valence-corrected chi connectivity index (χ3v) is 3.23. The monoisotopic (exact) mass is 212 g/mol. The van der Waals surface area contributed by atoms with Gasteiger partial charge in [-0.15, -0.1) is 0 Å². The third-order valence-electron chi connectivity index (χ3n) is 2.41. The normalized spacial score (nSPS) is 22.7. The van der Waals surface area contributed by atoms with Crippen LogP contribution in [0.25, 0.3) is 0 Å². The highest BCUT2D eigenvalue weighted by atomic mass is 32.1. The number of hydrogen-bond acceptors (Lipinski definition) is 5. The van der Waals surface area contributed by atoms with E-state index in [1.54, 1.807) is 0 Å². The number of nitrogens with zero attached hydrogens (tertiary/aromatic N) is 3. The number of rotatable bonds is 2. The largest absolute Gasteiger partial charge is 0.344 e. The Kier molecular flexibility index (Phi) is 2.98. The van der Waals surface area contributed by atoms with Crippen LogP contribution >= 0.6 is 11.5 Å². The van der Waals surface area contributed by atoms with E-state index in [0.717, 1.165) is 37.0 Å². The van der Waals surface area contributed by atoms with Gasteiger partial charge in [-0.1, -0.05) is 6.92 Å². The summed E-state index contributed by atoms with van der Waals surface area (Å²) in [5.74, 6) is 0.969. The minimum Gasteiger partial charge on any atom is -0.344 e. The molecule has 0 spiro atoms. The van der Waals surface area contributed by atoms with Crippen molar-refractivity contribution in [3.8, 4) is 0 Å². The Labute approximate surface area is 88.5 Å². The molecule has 1 aliphatic heterocycles. The quantitative estimate of drug-likeness (QED) is 0.791. The molecule has 0 amide bonds. The van der Waals surface area contributed by atoms with Crippen LogP contribution in [-0.2, 0) is 6.42 Å². The first-order chi connectivity index (χ1) is 6.79. The molecule has 1 atom stereocenters. The summed E-state index contributed by atoms with van der Waals surface area (Å²) >= 11 is 1.52. The fourth-order valence-corrected chi connectivity index (χ4v) is 2.41. The van der Waals surface area contributed by atoms with E-state index in [4.69, 9.17) is 0 Å². The molecule has 5 heteroatoms. The van der Waals surface area contributed by atoms with Crippen LogP contribution in [0.4, 0.5) is 5.13 Å². The van der Waals surface area contributed by atoms with Gasteiger partial charge < -0.3 is 10.2 Å². The molecule has 1 N–H and O–H groups in total. The fourth-order valence-electron chi connectivity index (χ4n) is 1.62. The van der Waals surface area contributed by atoms with E-state index in [1.807, 2.05) is 0 Å². The summed E-state index contributed by atoms with van der Waals surface area (Å²) in [7, 11) is 0. The lowest BCUT2D eigenvalue weighted by molar-refractivity contribution is 0.484. The second-order valence-electron chi connectivity index (χ2n) is 3.65. The Morgan fingerprint density at radius 1 is 1.64 bits per heavy atom. The van der Waals surface area contributed by atoms with Gasteiger partial charge in [0.15, 0.2) is 0 Å². The summed E-state index contributed by atoms with van der Waals surface area (Å²) < 4.78 is 4.30. The summed E-state index contributed by atoms with van der Waals surface area (Å²) in [5, 5.41) is 4.50. The van der Waals surface area contributed by atoms with Gasteiger partial charge in [0.1, 0.15) is 5.82 Å². The van der Waals surface area contributed by atoms with Gasteiger partial charge in [-0.3, -0.25) is 0 Å². The molecule has 0 aliphatic carbocycles. The number of hydrogen-bond donors (Lipinski definition) is 1. The zero-order chi connectivity index (χ0) is 9.97. The van der Waals surface area contributed by atoms with Crippen LogP contribution in [0.1, 0.15) is 19.7 Å². The fraction of sp³-hybridized carbons (Fsp3) is 0.778. The summed E-state index contributed by atoms with van der Waals surface area (Å²) in [5.41, 5.74) is 0. The van der Waals surface area contributed by atoms with E-state index < -0.39 is 0 Å². The number of anilines is 1. The molecular weight excluding hydrogens is 196 g/mol. The van der Waals surface area contributed by atoms with Gasteiger partial charge in [-0.05, 0) is 6.92 Å². The van der Waals surface area contributed by atoms with Crippen LogP contribution in [0.5, 0.6) is 0 Å². The van der Waals surface area contributed by atoms with E-state index >= 15 is 0 Å². The van der Waals surface area contributed by atoms with Crippen LogP contribution in [0.15, 0.2) is 0 Å². The van der Waals surface area contributed by atoms with E-state index in [1.165, 1.54) is 11.5 Å². The number of aromatic nitrogens is 2. The minimum absolute atomic E-state index is 0.553. The molecule has 1 saturated heterocycles. The Bertz CT molecular complexity index is 299. The average molecular weight is 212 g/mol. The van der Waals surface area contributed by atoms with Gasteiger partial charge in [0.2, 0.25) is 5.13 Å². The Hall–Kier alpha value is -0.680. The number of nitrogens with one attached hydrogen (secondary N) is 1. The molecule has 1 aromatic heterocycles. The van der Waals surface area contributed by atoms with Gasteiger partial charge in [0, 0.05) is 43.6 Å². The Morgan fingerprint density at radius 2 is 2.50 bits per heavy atom. The van der Waals surface area contributed by atoms with Crippen molar-refractivity contribution in [3.63, 3.8) is 0 Å². The second kappa shape index (κ2) is 4.23. The van der Waals surface area contributed by atoms with Crippen molar-refractivity contribution in [2.45, 2.75) is 26.3 Å². The summed E-state index contributed by atoms with van der Waals surface area (Å²) in [6, 6.07) is 0.553. The predicted molar refractivity (Wildman–Crippen MR) is 59.0 cm³/mol. The maximum atomic E-state index is 4.49. The maximum absolute atomic E-state index is 4.49. The van der Waals surface area contributed by atoms with Crippen molar-refractivity contribution >= 4 is 16.7 Å². The lowest BCUT2D eigenvalue weighted by Crippen LogP contribution is -2.49. The highest BCUT2D eigenvalue weighted by Gasteiger charge is 2.18. The van der Waals surface area contributed by atoms with Crippen molar-refractivity contribution in [3.05, 3.63) is 5.82 Å². The zero-order valence-corrected chi connectivity index (χ0v) is 9.47. The molecule has 0 aromatic carbocycles. The highest BCUT2D eigenvalue weighted by Crippen LogP contribution is 2.18. The van der Waals surface area contributed by atoms with Crippen LogP contribution < -0.4 is 10.2 Å². The van der Waals surface area contributed by atoms with Crippen molar-refractivity contribution in [2.24, 2.45) is 0 Å². The van der Waals surface area contributed by atoms with E-state index in [2.05, 4.69) is 33.4 Å². The molecule has 0 unspecified atom stereocenters. The van der Waals surface area contributed by atoms with Crippen LogP contribution in [-0.4, -0.2) is 35.0 Å². The van der Waals surface area contributed by atoms with Crippen molar-refractivity contribution in [1.29, 1.82) is 0 Å². The van der Waals surface area contributed by atoms with E-state index in [-0.39, 0.29) is 0 Å². The van der Waals surface area contributed by atoms with Gasteiger partial charge >= 0.3 is 0 Å². The lowest BCUT2D eigenvalue weighted by atomic mass is 10.2. The SMILES string of the molecule is CCc1nsc(N2CCN[C@H](C)C2)n1. The predicted octanol–water partition coefficient (Wildman–Crippen LogP) is 0.899. The molecule has 1 aliphatic rings. The molecule has 4 nitrogen and oxygen atoms in total. The van der Waals surface area contributed by atoms with Gasteiger partial charge in [0.05, 0.1) is 0 Å². The zero-order valence-electron chi connectivity index (χ0n) is 8.66. The smallest absolute Gasteiger partial charge is 0.205 e. The van der Waals surface area contributed by atoms with Crippen LogP contribution in [0.3, 0.4) is 0 Å². The van der Waals surface area contributed by atoms with Gasteiger partial charge in [-0.25, -0.2) is 4.98 Å². The van der Waals surface area contributed by atoms with Crippen LogP contribution in [0.2, 0.25) is 0 Å². The molecular formula is C9H16N4S. The minimum atomic E-state index is 0.553. The number of piperazine rings is 1. The van der Waals surface area contributed by atoms with Crippen molar-refractivity contribution < 1.29 is 0 Å². The Morgan fingerprint density at radius 3 is 3.14 bits per heavy atom. The molecule has 1 aromatic rings. The summed E-state index contributed by atoms with van der Waals surface area (Å²) in [6.45, 7) is 7.42. The average Bonchev–Trinajstić information content (AvgIpc) is 2.66. The highest BCUT2D eigenvalue weighted by molar-refractivity contribution is 7.09. The number of aryl methyl sites for hydroxylation is 1. The van der Waals surface area contributed by atoms with Gasteiger partial charge in [0.25, 0.3) is 0 Å². The standard InChI is InChI=1S/C9H16N4S/c1-3-8-11-9(14-12-8)13-5-4-10-7(2)6-13/h7,10H,3-6H2,1-2H3/t7-/m1/s1. The van der Waals surface area contributed by atoms with Crippen LogP contribution in [0, 0.1) is 0 Å². The van der Waals surface area contributed by atoms with E-state index in [0.29, 0.717) is 6.04 Å². The Balaban J connectivity index is 2.06. The molecule has 0 bridgehead atoms. The molecule has 2 heterocycles. The lowest BCUT2D eigenvalue weighted by Gasteiger charge is -2.31. The topological polar surface area (TPSA) is 41.1 Å². The molecule has 78 valence electrons. The van der Waals surface area contributed by atoms with Gasteiger partial charge in [-0.2, -0.15) is 4.37 Å². The molecule has 0 saturated carbocycles. The van der Waals surface area contributed by atoms with Crippen molar-refractivity contribution in [1.82, 2.24) is 14.7 Å². The first-order valence-electron chi connectivity index (χ1n) is 5.10. The first kappa shape index (κ1) is 9.86. The molecule has 2 rings (SSSR count). The second-order valence-corrected chi connectivity index (χ2v) is 4.38. The summed E-state index contributed by atoms with van der Waals surface area (Å²) in [4.78, 5) is 6.81. The molecule has 14 heavy (non-hydrogen) atoms. The third kappa shape index (κ3) is 2.04. The summed E-state index contributed by atoms with van der Waals surface area (Å²) in [6.07, 6.45) is 0.929. The van der Waals surface area contributed by atoms with E-state index in [9.17, 15) is 0 Å².